The first-order valence-corrected chi connectivity index (χ1v) is 6.92. The summed E-state index contributed by atoms with van der Waals surface area (Å²) < 4.78 is 85.9. The fraction of sp³-hybridized carbons (Fsp3) is 0.714. The van der Waals surface area contributed by atoms with Gasteiger partial charge in [-0.15, -0.1) is 0 Å². The molecule has 1 atom stereocenters. The summed E-state index contributed by atoms with van der Waals surface area (Å²) in [5, 5.41) is 9.36. The highest BCUT2D eigenvalue weighted by molar-refractivity contribution is 5.88. The van der Waals surface area contributed by atoms with Gasteiger partial charge in [0.25, 0.3) is 5.60 Å². The lowest BCUT2D eigenvalue weighted by Gasteiger charge is -2.38. The second-order valence-electron chi connectivity index (χ2n) is 5.73. The van der Waals surface area contributed by atoms with Crippen LogP contribution in [0.3, 0.4) is 0 Å². The molecule has 0 spiro atoms. The van der Waals surface area contributed by atoms with Gasteiger partial charge < -0.3 is 14.6 Å². The molecule has 0 rings (SSSR count). The third-order valence-electron chi connectivity index (χ3n) is 2.96. The molecule has 11 heteroatoms. The van der Waals surface area contributed by atoms with Gasteiger partial charge in [-0.25, -0.2) is 9.59 Å². The molecule has 0 aromatic heterocycles. The molecule has 0 fully saturated rings. The van der Waals surface area contributed by atoms with Crippen LogP contribution >= 0.6 is 0 Å². The first-order valence-electron chi connectivity index (χ1n) is 6.92. The second-order valence-corrected chi connectivity index (χ2v) is 5.73. The van der Waals surface area contributed by atoms with Crippen molar-refractivity contribution in [3.05, 3.63) is 12.2 Å². The van der Waals surface area contributed by atoms with E-state index in [4.69, 9.17) is 0 Å². The Morgan fingerprint density at radius 2 is 1.52 bits per heavy atom. The first kappa shape index (κ1) is 23.2. The smallest absolute Gasteiger partial charge is 0.430 e. The molecule has 0 saturated heterocycles. The molecule has 0 aliphatic heterocycles. The van der Waals surface area contributed by atoms with E-state index in [1.165, 1.54) is 20.8 Å². The van der Waals surface area contributed by atoms with E-state index in [-0.39, 0.29) is 5.57 Å². The van der Waals surface area contributed by atoms with Crippen LogP contribution in [0.5, 0.6) is 0 Å². The zero-order valence-corrected chi connectivity index (χ0v) is 13.6. The van der Waals surface area contributed by atoms with Crippen molar-refractivity contribution in [2.24, 2.45) is 5.92 Å². The third kappa shape index (κ3) is 5.91. The number of hydrogen-bond acceptors (Lipinski definition) is 5. The van der Waals surface area contributed by atoms with Crippen LogP contribution in [0.1, 0.15) is 27.2 Å². The van der Waals surface area contributed by atoms with Gasteiger partial charge in [0, 0.05) is 5.57 Å². The molecular weight excluding hydrogens is 362 g/mol. The Morgan fingerprint density at radius 1 is 1.08 bits per heavy atom. The fourth-order valence-corrected chi connectivity index (χ4v) is 1.70. The zero-order chi connectivity index (χ0) is 20.2. The van der Waals surface area contributed by atoms with Crippen LogP contribution in [0, 0.1) is 5.92 Å². The molecule has 1 unspecified atom stereocenters. The Hall–Kier alpha value is -1.78. The predicted octanol–water partition coefficient (Wildman–Crippen LogP) is 2.92. The third-order valence-corrected chi connectivity index (χ3v) is 2.96. The molecule has 0 bridgehead atoms. The maximum Gasteiger partial charge on any atom is 0.430 e. The topological polar surface area (TPSA) is 72.8 Å². The van der Waals surface area contributed by atoms with E-state index < -0.39 is 54.9 Å². The summed E-state index contributed by atoms with van der Waals surface area (Å²) in [5.74, 6) is -3.54. The molecule has 0 heterocycles. The summed E-state index contributed by atoms with van der Waals surface area (Å²) in [5.41, 5.74) is -5.41. The van der Waals surface area contributed by atoms with Gasteiger partial charge in [-0.3, -0.25) is 0 Å². The number of halogens is 6. The largest absolute Gasteiger partial charge is 0.456 e. The van der Waals surface area contributed by atoms with Crippen LogP contribution in [-0.4, -0.2) is 47.7 Å². The molecular formula is C14H18F6O5. The van der Waals surface area contributed by atoms with Crippen LogP contribution < -0.4 is 0 Å². The lowest BCUT2D eigenvalue weighted by atomic mass is 9.88. The van der Waals surface area contributed by atoms with E-state index in [0.29, 0.717) is 0 Å². The fourth-order valence-electron chi connectivity index (χ4n) is 1.70. The van der Waals surface area contributed by atoms with Crippen LogP contribution in [0.4, 0.5) is 26.3 Å². The standard InChI is InChI=1S/C14H18F6O5/c1-7(2)5-9(12(23,13(15,16)17)14(18,19)20)25-10(21)6-24-11(22)8(3)4/h7,9,23H,3,5-6H2,1-2,4H3. The lowest BCUT2D eigenvalue weighted by molar-refractivity contribution is -0.392. The van der Waals surface area contributed by atoms with Crippen molar-refractivity contribution in [1.82, 2.24) is 0 Å². The van der Waals surface area contributed by atoms with Crippen molar-refractivity contribution in [2.75, 3.05) is 6.61 Å². The Morgan fingerprint density at radius 3 is 1.84 bits per heavy atom. The quantitative estimate of drug-likeness (QED) is 0.418. The molecule has 0 aromatic rings. The van der Waals surface area contributed by atoms with Crippen LogP contribution in [0.2, 0.25) is 0 Å². The van der Waals surface area contributed by atoms with Crippen molar-refractivity contribution in [3.8, 4) is 0 Å². The van der Waals surface area contributed by atoms with Crippen molar-refractivity contribution in [1.29, 1.82) is 0 Å². The van der Waals surface area contributed by atoms with Gasteiger partial charge in [-0.2, -0.15) is 26.3 Å². The molecule has 0 amide bonds. The average Bonchev–Trinajstić information content (AvgIpc) is 2.39. The first-order chi connectivity index (χ1) is 11.0. The number of ether oxygens (including phenoxy) is 2. The number of hydrogen-bond donors (Lipinski definition) is 1. The average molecular weight is 380 g/mol. The highest BCUT2D eigenvalue weighted by Gasteiger charge is 2.75. The van der Waals surface area contributed by atoms with Gasteiger partial charge in [-0.05, 0) is 19.3 Å². The molecule has 0 aliphatic rings. The maximum absolute atomic E-state index is 12.9. The van der Waals surface area contributed by atoms with E-state index in [0.717, 1.165) is 0 Å². The predicted molar refractivity (Wildman–Crippen MR) is 72.2 cm³/mol. The zero-order valence-electron chi connectivity index (χ0n) is 13.6. The number of alkyl halides is 6. The van der Waals surface area contributed by atoms with Gasteiger partial charge in [0.2, 0.25) is 0 Å². The van der Waals surface area contributed by atoms with Crippen molar-refractivity contribution in [3.63, 3.8) is 0 Å². The molecule has 1 N–H and O–H groups in total. The lowest BCUT2D eigenvalue weighted by Crippen LogP contribution is -2.65. The van der Waals surface area contributed by atoms with Crippen molar-refractivity contribution in [2.45, 2.75) is 51.2 Å². The Bertz CT molecular complexity index is 495. The Labute approximate surface area is 139 Å². The van der Waals surface area contributed by atoms with Crippen molar-refractivity contribution < 1.29 is 50.5 Å². The van der Waals surface area contributed by atoms with Crippen LogP contribution in [0.15, 0.2) is 12.2 Å². The molecule has 146 valence electrons. The second kappa shape index (κ2) is 8.07. The van der Waals surface area contributed by atoms with Gasteiger partial charge >= 0.3 is 24.3 Å². The number of carbonyl (C=O) groups excluding carboxylic acids is 2. The van der Waals surface area contributed by atoms with Crippen LogP contribution in [0.25, 0.3) is 0 Å². The SMILES string of the molecule is C=C(C)C(=O)OCC(=O)OC(CC(C)C)C(O)(C(F)(F)F)C(F)(F)F. The monoisotopic (exact) mass is 380 g/mol. The van der Waals surface area contributed by atoms with Crippen molar-refractivity contribution >= 4 is 11.9 Å². The summed E-state index contributed by atoms with van der Waals surface area (Å²) in [7, 11) is 0. The minimum atomic E-state index is -6.15. The van der Waals surface area contributed by atoms with E-state index in [9.17, 15) is 41.0 Å². The van der Waals surface area contributed by atoms with E-state index >= 15 is 0 Å². The highest BCUT2D eigenvalue weighted by Crippen LogP contribution is 2.47. The summed E-state index contributed by atoms with van der Waals surface area (Å²) in [6.45, 7) is 5.70. The number of aliphatic hydroxyl groups is 1. The number of esters is 2. The molecule has 0 aliphatic carbocycles. The Balaban J connectivity index is 5.51. The van der Waals surface area contributed by atoms with Gasteiger partial charge in [0.05, 0.1) is 0 Å². The highest BCUT2D eigenvalue weighted by atomic mass is 19.4. The minimum absolute atomic E-state index is 0.145. The summed E-state index contributed by atoms with van der Waals surface area (Å²) in [6, 6.07) is 0. The van der Waals surface area contributed by atoms with Crippen LogP contribution in [-0.2, 0) is 19.1 Å². The van der Waals surface area contributed by atoms with Gasteiger partial charge in [0.1, 0.15) is 6.10 Å². The molecule has 0 saturated carbocycles. The molecule has 0 aromatic carbocycles. The molecule has 25 heavy (non-hydrogen) atoms. The van der Waals surface area contributed by atoms with E-state index in [1.54, 1.807) is 0 Å². The van der Waals surface area contributed by atoms with Gasteiger partial charge in [0.15, 0.2) is 6.61 Å². The normalized spacial score (nSPS) is 14.2. The maximum atomic E-state index is 12.9. The molecule has 5 nitrogen and oxygen atoms in total. The summed E-state index contributed by atoms with van der Waals surface area (Å²) >= 11 is 0. The van der Waals surface area contributed by atoms with E-state index in [1.807, 2.05) is 0 Å². The molecule has 0 radical (unpaired) electrons. The summed E-state index contributed by atoms with van der Waals surface area (Å²) in [6.07, 6.45) is -16.2. The minimum Gasteiger partial charge on any atom is -0.456 e. The van der Waals surface area contributed by atoms with Gasteiger partial charge in [-0.1, -0.05) is 20.4 Å². The Kier molecular flexibility index (Phi) is 7.49. The van der Waals surface area contributed by atoms with E-state index in [2.05, 4.69) is 16.1 Å². The number of rotatable bonds is 7. The summed E-state index contributed by atoms with van der Waals surface area (Å²) in [4.78, 5) is 22.6. The number of carbonyl (C=O) groups is 2.